The van der Waals surface area contributed by atoms with Crippen molar-refractivity contribution in [3.63, 3.8) is 0 Å². The normalized spacial score (nSPS) is 23.5. The van der Waals surface area contributed by atoms with Gasteiger partial charge in [-0.3, -0.25) is 4.79 Å². The van der Waals surface area contributed by atoms with Crippen LogP contribution in [0.3, 0.4) is 0 Å². The molecule has 0 radical (unpaired) electrons. The van der Waals surface area contributed by atoms with Crippen molar-refractivity contribution >= 4 is 5.95 Å². The van der Waals surface area contributed by atoms with Crippen LogP contribution >= 0.6 is 0 Å². The summed E-state index contributed by atoms with van der Waals surface area (Å²) in [7, 11) is 0. The maximum atomic E-state index is 12.2. The molecule has 0 bridgehead atoms. The SMILES string of the molecule is Cc1ccc2c(c1)OC(C)(C)C1Nn3c(nc(C)cc3=O)NC21. The molecule has 2 N–H and O–H groups in total. The number of aromatic nitrogens is 2. The number of aryl methyl sites for hydroxylation is 2. The molecule has 1 aromatic carbocycles. The van der Waals surface area contributed by atoms with Gasteiger partial charge in [-0.25, -0.2) is 4.98 Å². The van der Waals surface area contributed by atoms with E-state index in [1.165, 1.54) is 10.7 Å². The van der Waals surface area contributed by atoms with Gasteiger partial charge in [0.05, 0.1) is 6.04 Å². The second kappa shape index (κ2) is 4.50. The number of hydrogen-bond acceptors (Lipinski definition) is 5. The van der Waals surface area contributed by atoms with Gasteiger partial charge < -0.3 is 15.5 Å². The van der Waals surface area contributed by atoms with E-state index in [-0.39, 0.29) is 17.6 Å². The lowest BCUT2D eigenvalue weighted by Crippen LogP contribution is -2.61. The van der Waals surface area contributed by atoms with Crippen molar-refractivity contribution in [2.75, 3.05) is 10.7 Å². The molecule has 0 spiro atoms. The number of anilines is 1. The van der Waals surface area contributed by atoms with E-state index >= 15 is 0 Å². The van der Waals surface area contributed by atoms with Crippen molar-refractivity contribution in [1.29, 1.82) is 0 Å². The average molecular weight is 312 g/mol. The van der Waals surface area contributed by atoms with E-state index in [2.05, 4.69) is 40.8 Å². The molecule has 2 atom stereocenters. The zero-order valence-corrected chi connectivity index (χ0v) is 13.7. The zero-order chi connectivity index (χ0) is 16.4. The van der Waals surface area contributed by atoms with Gasteiger partial charge in [0.25, 0.3) is 5.56 Å². The summed E-state index contributed by atoms with van der Waals surface area (Å²) in [6.45, 7) is 7.93. The summed E-state index contributed by atoms with van der Waals surface area (Å²) in [6, 6.07) is 7.63. The van der Waals surface area contributed by atoms with E-state index in [0.717, 1.165) is 16.9 Å². The molecule has 0 fully saturated rings. The maximum absolute atomic E-state index is 12.2. The molecule has 2 aliphatic rings. The molecule has 23 heavy (non-hydrogen) atoms. The topological polar surface area (TPSA) is 68.2 Å². The van der Waals surface area contributed by atoms with E-state index in [9.17, 15) is 4.79 Å². The summed E-state index contributed by atoms with van der Waals surface area (Å²) in [5.74, 6) is 1.43. The zero-order valence-electron chi connectivity index (χ0n) is 13.7. The minimum atomic E-state index is -0.472. The number of benzene rings is 1. The molecule has 3 heterocycles. The Morgan fingerprint density at radius 3 is 2.83 bits per heavy atom. The third-order valence-corrected chi connectivity index (χ3v) is 4.56. The van der Waals surface area contributed by atoms with Crippen molar-refractivity contribution in [2.24, 2.45) is 0 Å². The Bertz CT molecular complexity index is 856. The largest absolute Gasteiger partial charge is 0.485 e. The lowest BCUT2D eigenvalue weighted by Gasteiger charge is -2.48. The lowest BCUT2D eigenvalue weighted by molar-refractivity contribution is 0.0542. The van der Waals surface area contributed by atoms with Crippen LogP contribution in [-0.4, -0.2) is 21.3 Å². The summed E-state index contributed by atoms with van der Waals surface area (Å²) < 4.78 is 7.68. The van der Waals surface area contributed by atoms with E-state index < -0.39 is 5.60 Å². The highest BCUT2D eigenvalue weighted by molar-refractivity contribution is 5.50. The van der Waals surface area contributed by atoms with E-state index in [1.54, 1.807) is 0 Å². The van der Waals surface area contributed by atoms with Gasteiger partial charge in [0, 0.05) is 17.3 Å². The van der Waals surface area contributed by atoms with E-state index in [1.807, 2.05) is 20.8 Å². The van der Waals surface area contributed by atoms with Gasteiger partial charge in [0.2, 0.25) is 5.95 Å². The van der Waals surface area contributed by atoms with Crippen LogP contribution in [0.5, 0.6) is 5.75 Å². The maximum Gasteiger partial charge on any atom is 0.273 e. The molecule has 0 aliphatic carbocycles. The van der Waals surface area contributed by atoms with Gasteiger partial charge in [-0.15, -0.1) is 0 Å². The molecular formula is C17H20N4O2. The molecule has 1 aromatic heterocycles. The second-order valence-electron chi connectivity index (χ2n) is 6.87. The molecule has 2 aromatic rings. The smallest absolute Gasteiger partial charge is 0.273 e. The van der Waals surface area contributed by atoms with Crippen LogP contribution in [0, 0.1) is 13.8 Å². The molecule has 2 unspecified atom stereocenters. The summed E-state index contributed by atoms with van der Waals surface area (Å²) in [5, 5.41) is 3.42. The minimum absolute atomic E-state index is 0.0111. The van der Waals surface area contributed by atoms with Crippen molar-refractivity contribution in [3.8, 4) is 5.75 Å². The molecule has 6 heteroatoms. The van der Waals surface area contributed by atoms with Crippen molar-refractivity contribution in [2.45, 2.75) is 45.4 Å². The Labute approximate surface area is 134 Å². The van der Waals surface area contributed by atoms with Crippen molar-refractivity contribution in [3.05, 3.63) is 51.4 Å². The van der Waals surface area contributed by atoms with Gasteiger partial charge in [0.15, 0.2) is 0 Å². The first-order chi connectivity index (χ1) is 10.8. The fourth-order valence-corrected chi connectivity index (χ4v) is 3.40. The van der Waals surface area contributed by atoms with Crippen LogP contribution < -0.4 is 21.0 Å². The Hall–Kier alpha value is -2.50. The Morgan fingerprint density at radius 2 is 2.04 bits per heavy atom. The van der Waals surface area contributed by atoms with Crippen LogP contribution in [0.15, 0.2) is 29.1 Å². The van der Waals surface area contributed by atoms with Gasteiger partial charge in [-0.05, 0) is 39.3 Å². The second-order valence-corrected chi connectivity index (χ2v) is 6.87. The van der Waals surface area contributed by atoms with Crippen molar-refractivity contribution < 1.29 is 4.74 Å². The highest BCUT2D eigenvalue weighted by atomic mass is 16.5. The number of rotatable bonds is 0. The predicted molar refractivity (Wildman–Crippen MR) is 88.6 cm³/mol. The summed E-state index contributed by atoms with van der Waals surface area (Å²) in [5.41, 5.74) is 5.64. The monoisotopic (exact) mass is 312 g/mol. The highest BCUT2D eigenvalue weighted by Gasteiger charge is 2.47. The molecular weight excluding hydrogens is 292 g/mol. The Morgan fingerprint density at radius 1 is 1.26 bits per heavy atom. The van der Waals surface area contributed by atoms with Crippen LogP contribution in [-0.2, 0) is 0 Å². The Kier molecular flexibility index (Phi) is 2.76. The van der Waals surface area contributed by atoms with E-state index in [0.29, 0.717) is 11.6 Å². The standard InChI is InChI=1S/C17H20N4O2/c1-9-5-6-11-12(7-9)23-17(3,4)15-14(11)19-16-18-10(2)8-13(22)21(16)20-15/h5-8,14-15,20H,1-4H3,(H,18,19). The highest BCUT2D eigenvalue weighted by Crippen LogP contribution is 2.43. The third kappa shape index (κ3) is 2.09. The predicted octanol–water partition coefficient (Wildman–Crippen LogP) is 2.11. The van der Waals surface area contributed by atoms with Crippen LogP contribution in [0.1, 0.15) is 36.7 Å². The van der Waals surface area contributed by atoms with Gasteiger partial charge in [0.1, 0.15) is 17.4 Å². The Balaban J connectivity index is 1.88. The summed E-state index contributed by atoms with van der Waals surface area (Å²) >= 11 is 0. The molecule has 6 nitrogen and oxygen atoms in total. The average Bonchev–Trinajstić information content (AvgIpc) is 2.44. The van der Waals surface area contributed by atoms with Crippen LogP contribution in [0.2, 0.25) is 0 Å². The first-order valence-corrected chi connectivity index (χ1v) is 7.78. The van der Waals surface area contributed by atoms with Gasteiger partial charge >= 0.3 is 0 Å². The van der Waals surface area contributed by atoms with Gasteiger partial charge in [-0.2, -0.15) is 4.68 Å². The number of nitrogens with one attached hydrogen (secondary N) is 2. The fraction of sp³-hybridized carbons (Fsp3) is 0.412. The van der Waals surface area contributed by atoms with E-state index in [4.69, 9.17) is 4.74 Å². The molecule has 120 valence electrons. The molecule has 0 saturated heterocycles. The molecule has 2 aliphatic heterocycles. The lowest BCUT2D eigenvalue weighted by atomic mass is 9.84. The first kappa shape index (κ1) is 14.1. The first-order valence-electron chi connectivity index (χ1n) is 7.78. The number of fused-ring (bicyclic) bond motifs is 4. The van der Waals surface area contributed by atoms with Crippen LogP contribution in [0.4, 0.5) is 5.95 Å². The summed E-state index contributed by atoms with van der Waals surface area (Å²) in [4.78, 5) is 16.7. The van der Waals surface area contributed by atoms with Crippen LogP contribution in [0.25, 0.3) is 0 Å². The quantitative estimate of drug-likeness (QED) is 0.780. The number of ether oxygens (including phenoxy) is 1. The third-order valence-electron chi connectivity index (χ3n) is 4.56. The molecule has 0 saturated carbocycles. The number of hydrogen-bond donors (Lipinski definition) is 2. The minimum Gasteiger partial charge on any atom is -0.485 e. The fourth-order valence-electron chi connectivity index (χ4n) is 3.40. The van der Waals surface area contributed by atoms with Crippen molar-refractivity contribution in [1.82, 2.24) is 9.66 Å². The molecule has 4 rings (SSSR count). The molecule has 0 amide bonds. The van der Waals surface area contributed by atoms with Gasteiger partial charge in [-0.1, -0.05) is 12.1 Å². The summed E-state index contributed by atoms with van der Waals surface area (Å²) in [6.07, 6.45) is 0. The number of nitrogens with zero attached hydrogens (tertiary/aromatic N) is 2.